The molecule has 1 N–H and O–H groups in total. The molecule has 16 heavy (non-hydrogen) atoms. The zero-order valence-corrected chi connectivity index (χ0v) is 8.93. The number of carbonyl (C=O) groups is 1. The van der Waals surface area contributed by atoms with Crippen molar-refractivity contribution in [2.24, 2.45) is 10.8 Å². The van der Waals surface area contributed by atoms with Gasteiger partial charge in [0.25, 0.3) is 6.43 Å². The molecule has 0 aromatic rings. The first-order valence-electron chi connectivity index (χ1n) is 5.54. The second-order valence-electron chi connectivity index (χ2n) is 4.78. The molecule has 3 nitrogen and oxygen atoms in total. The maximum Gasteiger partial charge on any atom is 0.255 e. The van der Waals surface area contributed by atoms with Crippen molar-refractivity contribution in [3.05, 3.63) is 0 Å². The van der Waals surface area contributed by atoms with E-state index in [-0.39, 0.29) is 5.41 Å². The summed E-state index contributed by atoms with van der Waals surface area (Å²) >= 11 is 0. The van der Waals surface area contributed by atoms with Crippen molar-refractivity contribution in [2.45, 2.75) is 38.5 Å². The molecule has 1 atom stereocenters. The summed E-state index contributed by atoms with van der Waals surface area (Å²) in [5.74, 6) is -0.503. The molecule has 2 rings (SSSR count). The van der Waals surface area contributed by atoms with E-state index in [4.69, 9.17) is 5.26 Å². The summed E-state index contributed by atoms with van der Waals surface area (Å²) < 4.78 is 24.0. The van der Waals surface area contributed by atoms with Gasteiger partial charge in [-0.1, -0.05) is 12.8 Å². The van der Waals surface area contributed by atoms with Crippen LogP contribution in [0.25, 0.3) is 0 Å². The van der Waals surface area contributed by atoms with Gasteiger partial charge in [0, 0.05) is 5.41 Å². The fourth-order valence-corrected chi connectivity index (χ4v) is 2.97. The number of hydrogen-bond donors (Lipinski definition) is 1. The highest BCUT2D eigenvalue weighted by Crippen LogP contribution is 2.71. The SMILES string of the molecule is N#CC1(C(=O)NCC(F)F)CC12CCCC2. The molecule has 2 aliphatic rings. The standard InChI is InChI=1S/C11H14F2N2O/c12-8(13)5-15-9(16)11(7-14)6-10(11)3-1-2-4-10/h8H,1-6H2,(H,15,16). The summed E-state index contributed by atoms with van der Waals surface area (Å²) in [5.41, 5.74) is -1.22. The fourth-order valence-electron chi connectivity index (χ4n) is 2.97. The van der Waals surface area contributed by atoms with Gasteiger partial charge in [-0.3, -0.25) is 4.79 Å². The molecule has 88 valence electrons. The minimum Gasteiger partial charge on any atom is -0.349 e. The molecule has 0 aromatic heterocycles. The minimum absolute atomic E-state index is 0.200. The van der Waals surface area contributed by atoms with E-state index in [1.54, 1.807) is 0 Å². The Bertz CT molecular complexity index is 344. The first kappa shape index (κ1) is 11.3. The van der Waals surface area contributed by atoms with Crippen molar-refractivity contribution < 1.29 is 13.6 Å². The van der Waals surface area contributed by atoms with E-state index in [0.717, 1.165) is 25.7 Å². The normalized spacial score (nSPS) is 30.4. The third kappa shape index (κ3) is 1.48. The Balaban J connectivity index is 2.02. The van der Waals surface area contributed by atoms with Crippen LogP contribution in [0.4, 0.5) is 8.78 Å². The first-order chi connectivity index (χ1) is 7.56. The fraction of sp³-hybridized carbons (Fsp3) is 0.818. The maximum atomic E-state index is 12.0. The first-order valence-corrected chi connectivity index (χ1v) is 5.54. The van der Waals surface area contributed by atoms with Gasteiger partial charge in [0.2, 0.25) is 5.91 Å². The van der Waals surface area contributed by atoms with Gasteiger partial charge in [0.1, 0.15) is 5.41 Å². The molecule has 0 aliphatic heterocycles. The van der Waals surface area contributed by atoms with Crippen molar-refractivity contribution in [1.82, 2.24) is 5.32 Å². The number of nitrogens with zero attached hydrogens (tertiary/aromatic N) is 1. The quantitative estimate of drug-likeness (QED) is 0.801. The predicted octanol–water partition coefficient (Wildman–Crippen LogP) is 1.84. The summed E-state index contributed by atoms with van der Waals surface area (Å²) in [6, 6.07) is 2.05. The lowest BCUT2D eigenvalue weighted by molar-refractivity contribution is -0.126. The molecule has 5 heteroatoms. The molecule has 0 bridgehead atoms. The van der Waals surface area contributed by atoms with Gasteiger partial charge >= 0.3 is 0 Å². The van der Waals surface area contributed by atoms with Crippen LogP contribution in [0, 0.1) is 22.2 Å². The van der Waals surface area contributed by atoms with Crippen LogP contribution in [0.1, 0.15) is 32.1 Å². The van der Waals surface area contributed by atoms with Crippen molar-refractivity contribution in [2.75, 3.05) is 6.54 Å². The molecule has 0 aromatic carbocycles. The van der Waals surface area contributed by atoms with Crippen LogP contribution in [-0.2, 0) is 4.79 Å². The number of nitriles is 1. The Morgan fingerprint density at radius 1 is 1.44 bits per heavy atom. The molecule has 0 saturated heterocycles. The zero-order chi connectivity index (χ0) is 11.8. The van der Waals surface area contributed by atoms with Crippen LogP contribution >= 0.6 is 0 Å². The molecule has 0 radical (unpaired) electrons. The van der Waals surface area contributed by atoms with Gasteiger partial charge in [-0.2, -0.15) is 5.26 Å². The monoisotopic (exact) mass is 228 g/mol. The number of alkyl halides is 2. The van der Waals surface area contributed by atoms with Crippen LogP contribution < -0.4 is 5.32 Å². The Hall–Kier alpha value is -1.18. The highest BCUT2D eigenvalue weighted by atomic mass is 19.3. The summed E-state index contributed by atoms with van der Waals surface area (Å²) in [6.07, 6.45) is 1.81. The van der Waals surface area contributed by atoms with Crippen LogP contribution in [0.15, 0.2) is 0 Å². The Labute approximate surface area is 92.8 Å². The van der Waals surface area contributed by atoms with Gasteiger partial charge in [0.05, 0.1) is 12.6 Å². The number of hydrogen-bond acceptors (Lipinski definition) is 2. The minimum atomic E-state index is -2.56. The van der Waals surface area contributed by atoms with Crippen LogP contribution in [0.2, 0.25) is 0 Å². The van der Waals surface area contributed by atoms with Crippen LogP contribution in [0.5, 0.6) is 0 Å². The largest absolute Gasteiger partial charge is 0.349 e. The van der Waals surface area contributed by atoms with E-state index in [1.165, 1.54) is 0 Å². The second kappa shape index (κ2) is 3.69. The van der Waals surface area contributed by atoms with Gasteiger partial charge in [-0.25, -0.2) is 8.78 Å². The molecule has 2 aliphatic carbocycles. The number of halogens is 2. The van der Waals surface area contributed by atoms with Gasteiger partial charge in [-0.05, 0) is 19.3 Å². The highest BCUT2D eigenvalue weighted by molar-refractivity contribution is 5.90. The topological polar surface area (TPSA) is 52.9 Å². The van der Waals surface area contributed by atoms with Crippen LogP contribution in [0.3, 0.4) is 0 Å². The summed E-state index contributed by atoms with van der Waals surface area (Å²) in [4.78, 5) is 11.8. The van der Waals surface area contributed by atoms with Crippen molar-refractivity contribution >= 4 is 5.91 Å². The highest BCUT2D eigenvalue weighted by Gasteiger charge is 2.72. The van der Waals surface area contributed by atoms with E-state index in [2.05, 4.69) is 11.4 Å². The average molecular weight is 228 g/mol. The summed E-state index contributed by atoms with van der Waals surface area (Å²) in [7, 11) is 0. The third-order valence-corrected chi connectivity index (χ3v) is 3.94. The van der Waals surface area contributed by atoms with Crippen molar-refractivity contribution in [1.29, 1.82) is 5.26 Å². The molecular formula is C11H14F2N2O. The van der Waals surface area contributed by atoms with Crippen molar-refractivity contribution in [3.63, 3.8) is 0 Å². The van der Waals surface area contributed by atoms with Gasteiger partial charge < -0.3 is 5.32 Å². The average Bonchev–Trinajstić information content (AvgIpc) is 2.62. The zero-order valence-electron chi connectivity index (χ0n) is 8.93. The van der Waals surface area contributed by atoms with Gasteiger partial charge in [-0.15, -0.1) is 0 Å². The molecule has 2 fully saturated rings. The van der Waals surface area contributed by atoms with E-state index in [0.29, 0.717) is 6.42 Å². The number of rotatable bonds is 3. The van der Waals surface area contributed by atoms with E-state index < -0.39 is 24.3 Å². The lowest BCUT2D eigenvalue weighted by Crippen LogP contribution is -2.37. The number of amides is 1. The number of nitrogens with one attached hydrogen (secondary N) is 1. The van der Waals surface area contributed by atoms with E-state index >= 15 is 0 Å². The number of carbonyl (C=O) groups excluding carboxylic acids is 1. The maximum absolute atomic E-state index is 12.0. The molecule has 2 saturated carbocycles. The molecular weight excluding hydrogens is 214 g/mol. The van der Waals surface area contributed by atoms with Gasteiger partial charge in [0.15, 0.2) is 0 Å². The second-order valence-corrected chi connectivity index (χ2v) is 4.78. The molecule has 0 heterocycles. The Morgan fingerprint density at radius 3 is 2.56 bits per heavy atom. The molecule has 1 spiro atoms. The lowest BCUT2D eigenvalue weighted by atomic mass is 9.91. The smallest absolute Gasteiger partial charge is 0.255 e. The predicted molar refractivity (Wildman–Crippen MR) is 52.6 cm³/mol. The summed E-state index contributed by atoms with van der Waals surface area (Å²) in [5, 5.41) is 11.3. The molecule has 1 unspecified atom stereocenters. The Morgan fingerprint density at radius 2 is 2.06 bits per heavy atom. The van der Waals surface area contributed by atoms with Crippen LogP contribution in [-0.4, -0.2) is 18.9 Å². The molecule has 1 amide bonds. The summed E-state index contributed by atoms with van der Waals surface area (Å²) in [6.45, 7) is -0.654. The van der Waals surface area contributed by atoms with E-state index in [1.807, 2.05) is 0 Å². The van der Waals surface area contributed by atoms with E-state index in [9.17, 15) is 13.6 Å². The van der Waals surface area contributed by atoms with Crippen molar-refractivity contribution in [3.8, 4) is 6.07 Å². The Kier molecular flexibility index (Phi) is 2.61. The lowest BCUT2D eigenvalue weighted by Gasteiger charge is -2.14. The third-order valence-electron chi connectivity index (χ3n) is 3.94.